The molecule has 1 aromatic rings. The van der Waals surface area contributed by atoms with Gasteiger partial charge in [0.25, 0.3) is 0 Å². The largest absolute Gasteiger partial charge is 0.496 e. The molecule has 1 rings (SSSR count). The van der Waals surface area contributed by atoms with Crippen molar-refractivity contribution in [3.63, 3.8) is 0 Å². The topological polar surface area (TPSA) is 26.3 Å². The maximum absolute atomic E-state index is 10.8. The Kier molecular flexibility index (Phi) is 5.23. The Labute approximate surface area is 107 Å². The molecular formula is C14H17ClO2. The van der Waals surface area contributed by atoms with Crippen LogP contribution in [0.5, 0.6) is 5.75 Å². The van der Waals surface area contributed by atoms with Gasteiger partial charge in [-0.1, -0.05) is 23.8 Å². The number of allylic oxidation sites excluding steroid dienone is 1. The van der Waals surface area contributed by atoms with Crippen molar-refractivity contribution in [2.24, 2.45) is 0 Å². The average molecular weight is 253 g/mol. The highest BCUT2D eigenvalue weighted by molar-refractivity contribution is 6.30. The zero-order valence-corrected chi connectivity index (χ0v) is 11.2. The minimum absolute atomic E-state index is 0.198. The first kappa shape index (κ1) is 13.8. The van der Waals surface area contributed by atoms with Crippen LogP contribution in [0.3, 0.4) is 0 Å². The van der Waals surface area contributed by atoms with Crippen LogP contribution in [0.2, 0.25) is 5.02 Å². The van der Waals surface area contributed by atoms with Crippen LogP contribution in [0.1, 0.15) is 30.9 Å². The smallest absolute Gasteiger partial charge is 0.130 e. The van der Waals surface area contributed by atoms with E-state index in [9.17, 15) is 4.79 Å². The molecule has 0 aromatic heterocycles. The Morgan fingerprint density at radius 2 is 2.18 bits per heavy atom. The van der Waals surface area contributed by atoms with E-state index in [0.29, 0.717) is 11.4 Å². The predicted octanol–water partition coefficient (Wildman–Crippen LogP) is 4.04. The van der Waals surface area contributed by atoms with Gasteiger partial charge in [0.2, 0.25) is 0 Å². The summed E-state index contributed by atoms with van der Waals surface area (Å²) >= 11 is 6.00. The summed E-state index contributed by atoms with van der Waals surface area (Å²) in [6.07, 6.45) is 5.22. The molecule has 0 bridgehead atoms. The number of halogens is 1. The predicted molar refractivity (Wildman–Crippen MR) is 71.7 cm³/mol. The highest BCUT2D eigenvalue weighted by Crippen LogP contribution is 2.28. The number of Topliss-reactive ketones (excluding diaryl/α,β-unsaturated/α-hetero) is 1. The van der Waals surface area contributed by atoms with Crippen LogP contribution in [-0.4, -0.2) is 12.9 Å². The average Bonchev–Trinajstić information content (AvgIpc) is 2.23. The Morgan fingerprint density at radius 1 is 1.47 bits per heavy atom. The molecule has 0 atom stereocenters. The van der Waals surface area contributed by atoms with Gasteiger partial charge in [-0.25, -0.2) is 0 Å². The number of carbonyl (C=O) groups is 1. The van der Waals surface area contributed by atoms with E-state index in [4.69, 9.17) is 16.3 Å². The zero-order valence-electron chi connectivity index (χ0n) is 10.4. The first-order chi connectivity index (χ1) is 8.04. The molecule has 0 unspecified atom stereocenters. The van der Waals surface area contributed by atoms with Gasteiger partial charge in [-0.2, -0.15) is 0 Å². The number of methoxy groups -OCH3 is 1. The van der Waals surface area contributed by atoms with Crippen LogP contribution in [-0.2, 0) is 4.79 Å². The van der Waals surface area contributed by atoms with Crippen molar-refractivity contribution in [3.05, 3.63) is 34.4 Å². The van der Waals surface area contributed by atoms with Crippen molar-refractivity contribution in [1.29, 1.82) is 0 Å². The van der Waals surface area contributed by atoms with Crippen molar-refractivity contribution in [1.82, 2.24) is 0 Å². The summed E-state index contributed by atoms with van der Waals surface area (Å²) in [4.78, 5) is 10.8. The van der Waals surface area contributed by atoms with E-state index in [1.54, 1.807) is 14.0 Å². The van der Waals surface area contributed by atoms with Crippen LogP contribution in [0.4, 0.5) is 0 Å². The second-order valence-electron chi connectivity index (χ2n) is 3.99. The highest BCUT2D eigenvalue weighted by Gasteiger charge is 2.05. The molecule has 1 aromatic carbocycles. The molecule has 0 saturated carbocycles. The van der Waals surface area contributed by atoms with Gasteiger partial charge in [-0.3, -0.25) is 0 Å². The number of ether oxygens (including phenoxy) is 1. The molecule has 0 spiro atoms. The quantitative estimate of drug-likeness (QED) is 0.791. The van der Waals surface area contributed by atoms with E-state index < -0.39 is 0 Å². The molecule has 3 heteroatoms. The summed E-state index contributed by atoms with van der Waals surface area (Å²) in [7, 11) is 1.64. The zero-order chi connectivity index (χ0) is 12.8. The third-order valence-corrected chi connectivity index (χ3v) is 2.65. The lowest BCUT2D eigenvalue weighted by Gasteiger charge is -2.09. The normalized spacial score (nSPS) is 10.8. The van der Waals surface area contributed by atoms with Crippen LogP contribution in [0.15, 0.2) is 18.2 Å². The number of ketones is 1. The fraction of sp³-hybridized carbons (Fsp3) is 0.357. The van der Waals surface area contributed by atoms with Crippen molar-refractivity contribution in [3.8, 4) is 5.75 Å². The number of hydrogen-bond donors (Lipinski definition) is 0. The standard InChI is InChI=1S/C14H17ClO2/c1-10-8-13(15)9-12(14(10)17-3)7-5-4-6-11(2)16/h5,7-9H,4,6H2,1-3H3/b7-5+. The Hall–Kier alpha value is -1.28. The summed E-state index contributed by atoms with van der Waals surface area (Å²) in [5, 5.41) is 0.689. The third kappa shape index (κ3) is 4.23. The van der Waals surface area contributed by atoms with Crippen LogP contribution in [0, 0.1) is 6.92 Å². The first-order valence-corrected chi connectivity index (χ1v) is 5.92. The summed E-state index contributed by atoms with van der Waals surface area (Å²) in [5.74, 6) is 1.03. The monoisotopic (exact) mass is 252 g/mol. The maximum Gasteiger partial charge on any atom is 0.130 e. The van der Waals surface area contributed by atoms with E-state index in [1.165, 1.54) is 0 Å². The number of aryl methyl sites for hydroxylation is 1. The minimum atomic E-state index is 0.198. The van der Waals surface area contributed by atoms with Crippen LogP contribution >= 0.6 is 11.6 Å². The van der Waals surface area contributed by atoms with Crippen molar-refractivity contribution >= 4 is 23.5 Å². The summed E-state index contributed by atoms with van der Waals surface area (Å²) < 4.78 is 5.33. The van der Waals surface area contributed by atoms with Gasteiger partial charge in [0.05, 0.1) is 7.11 Å². The lowest BCUT2D eigenvalue weighted by atomic mass is 10.1. The molecule has 0 aliphatic carbocycles. The third-order valence-electron chi connectivity index (χ3n) is 2.43. The van der Waals surface area contributed by atoms with Gasteiger partial charge in [-0.05, 0) is 38.0 Å². The lowest BCUT2D eigenvalue weighted by molar-refractivity contribution is -0.116. The molecule has 0 N–H and O–H groups in total. The second kappa shape index (κ2) is 6.45. The van der Waals surface area contributed by atoms with Gasteiger partial charge in [0.1, 0.15) is 11.5 Å². The molecule has 0 aliphatic rings. The van der Waals surface area contributed by atoms with E-state index >= 15 is 0 Å². The highest BCUT2D eigenvalue weighted by atomic mass is 35.5. The van der Waals surface area contributed by atoms with E-state index in [1.807, 2.05) is 31.2 Å². The van der Waals surface area contributed by atoms with Crippen LogP contribution in [0.25, 0.3) is 6.08 Å². The van der Waals surface area contributed by atoms with Crippen LogP contribution < -0.4 is 4.74 Å². The summed E-state index contributed by atoms with van der Waals surface area (Å²) in [5.41, 5.74) is 1.95. The minimum Gasteiger partial charge on any atom is -0.496 e. The molecule has 0 amide bonds. The van der Waals surface area contributed by atoms with Gasteiger partial charge < -0.3 is 9.53 Å². The van der Waals surface area contributed by atoms with Gasteiger partial charge >= 0.3 is 0 Å². The molecule has 92 valence electrons. The second-order valence-corrected chi connectivity index (χ2v) is 4.42. The van der Waals surface area contributed by atoms with Crippen molar-refractivity contribution in [2.45, 2.75) is 26.7 Å². The fourth-order valence-corrected chi connectivity index (χ4v) is 1.94. The van der Waals surface area contributed by atoms with E-state index in [-0.39, 0.29) is 5.78 Å². The fourth-order valence-electron chi connectivity index (χ4n) is 1.66. The lowest BCUT2D eigenvalue weighted by Crippen LogP contribution is -1.91. The Morgan fingerprint density at radius 3 is 2.76 bits per heavy atom. The summed E-state index contributed by atoms with van der Waals surface area (Å²) in [6, 6.07) is 3.73. The number of rotatable bonds is 5. The number of carbonyl (C=O) groups excluding carboxylic acids is 1. The Bertz CT molecular complexity index is 436. The molecule has 2 nitrogen and oxygen atoms in total. The summed E-state index contributed by atoms with van der Waals surface area (Å²) in [6.45, 7) is 3.55. The van der Waals surface area contributed by atoms with Gasteiger partial charge in [0, 0.05) is 17.0 Å². The van der Waals surface area contributed by atoms with E-state index in [2.05, 4.69) is 0 Å². The number of benzene rings is 1. The molecule has 0 aliphatic heterocycles. The molecule has 0 radical (unpaired) electrons. The molecular weight excluding hydrogens is 236 g/mol. The number of hydrogen-bond acceptors (Lipinski definition) is 2. The molecule has 0 saturated heterocycles. The molecule has 17 heavy (non-hydrogen) atoms. The van der Waals surface area contributed by atoms with E-state index in [0.717, 1.165) is 23.3 Å². The van der Waals surface area contributed by atoms with Gasteiger partial charge in [-0.15, -0.1) is 0 Å². The molecule has 0 heterocycles. The Balaban J connectivity index is 2.85. The van der Waals surface area contributed by atoms with Gasteiger partial charge in [0.15, 0.2) is 0 Å². The first-order valence-electron chi connectivity index (χ1n) is 5.54. The van der Waals surface area contributed by atoms with Crippen molar-refractivity contribution < 1.29 is 9.53 Å². The maximum atomic E-state index is 10.8. The SMILES string of the molecule is COc1c(C)cc(Cl)cc1/C=C/CCC(C)=O. The molecule has 0 fully saturated rings. The van der Waals surface area contributed by atoms with Crippen molar-refractivity contribution in [2.75, 3.05) is 7.11 Å².